The predicted octanol–water partition coefficient (Wildman–Crippen LogP) is 2.52. The van der Waals surface area contributed by atoms with E-state index in [1.54, 1.807) is 4.90 Å². The topological polar surface area (TPSA) is 49.0 Å². The van der Waals surface area contributed by atoms with Gasteiger partial charge in [-0.1, -0.05) is 20.8 Å². The Morgan fingerprint density at radius 2 is 2.39 bits per heavy atom. The number of amides is 1. The summed E-state index contributed by atoms with van der Waals surface area (Å²) in [4.78, 5) is 20.9. The summed E-state index contributed by atoms with van der Waals surface area (Å²) in [5.74, 6) is 0.507. The summed E-state index contributed by atoms with van der Waals surface area (Å²) < 4.78 is 0. The van der Waals surface area contributed by atoms with E-state index in [-0.39, 0.29) is 17.3 Å². The number of H-pyrrole nitrogens is 1. The molecule has 1 N–H and O–H groups in total. The molecule has 1 unspecified atom stereocenters. The molecule has 0 bridgehead atoms. The smallest absolute Gasteiger partial charge is 0.200 e. The Morgan fingerprint density at radius 1 is 1.67 bits per heavy atom. The zero-order valence-corrected chi connectivity index (χ0v) is 11.4. The van der Waals surface area contributed by atoms with Crippen LogP contribution in [0.1, 0.15) is 57.6 Å². The van der Waals surface area contributed by atoms with Crippen LogP contribution in [-0.2, 0) is 5.41 Å². The van der Waals surface area contributed by atoms with Gasteiger partial charge < -0.3 is 9.88 Å². The first-order valence-electron chi connectivity index (χ1n) is 6.57. The number of hydrogen-bond donors (Lipinski definition) is 1. The largest absolute Gasteiger partial charge is 0.344 e. The second-order valence-corrected chi connectivity index (χ2v) is 5.61. The van der Waals surface area contributed by atoms with E-state index in [2.05, 4.69) is 30.7 Å². The fraction of sp³-hybridized carbons (Fsp3) is 0.692. The molecule has 1 amide bonds. The lowest BCUT2D eigenvalue weighted by molar-refractivity contribution is 0.215. The number of aromatic amines is 1. The SMILES string of the molecule is [B]C(=O)N1CCCC1c1ncc(C(C)(C)CC)[nH]1. The third-order valence-electron chi connectivity index (χ3n) is 4.06. The number of carbonyl (C=O) groups excluding carboxylic acids is 1. The molecule has 2 radical (unpaired) electrons. The maximum atomic E-state index is 11.4. The van der Waals surface area contributed by atoms with Gasteiger partial charge in [-0.25, -0.2) is 4.98 Å². The van der Waals surface area contributed by atoms with Crippen molar-refractivity contribution in [3.63, 3.8) is 0 Å². The average molecular weight is 245 g/mol. The van der Waals surface area contributed by atoms with E-state index in [1.807, 2.05) is 6.20 Å². The lowest BCUT2D eigenvalue weighted by atomic mass is 9.87. The van der Waals surface area contributed by atoms with Gasteiger partial charge >= 0.3 is 0 Å². The van der Waals surface area contributed by atoms with Gasteiger partial charge in [0.25, 0.3) is 0 Å². The summed E-state index contributed by atoms with van der Waals surface area (Å²) in [6.07, 6.45) is 4.85. The van der Waals surface area contributed by atoms with Crippen LogP contribution in [0, 0.1) is 0 Å². The van der Waals surface area contributed by atoms with E-state index in [9.17, 15) is 4.79 Å². The van der Waals surface area contributed by atoms with E-state index < -0.39 is 0 Å². The first kappa shape index (κ1) is 13.2. The van der Waals surface area contributed by atoms with E-state index in [4.69, 9.17) is 7.85 Å². The zero-order valence-electron chi connectivity index (χ0n) is 11.4. The van der Waals surface area contributed by atoms with Gasteiger partial charge in [0.2, 0.25) is 7.85 Å². The molecule has 0 saturated carbocycles. The highest BCUT2D eigenvalue weighted by Crippen LogP contribution is 2.32. The minimum atomic E-state index is -0.356. The Labute approximate surface area is 110 Å². The van der Waals surface area contributed by atoms with Gasteiger partial charge in [-0.15, -0.1) is 0 Å². The van der Waals surface area contributed by atoms with Crippen LogP contribution in [0.25, 0.3) is 0 Å². The molecule has 1 atom stereocenters. The van der Waals surface area contributed by atoms with E-state index >= 15 is 0 Å². The lowest BCUT2D eigenvalue weighted by Gasteiger charge is -2.23. The van der Waals surface area contributed by atoms with Crippen LogP contribution in [0.2, 0.25) is 0 Å². The normalized spacial score (nSPS) is 20.4. The summed E-state index contributed by atoms with van der Waals surface area (Å²) in [5.41, 5.74) is 1.21. The van der Waals surface area contributed by atoms with Crippen molar-refractivity contribution in [3.8, 4) is 0 Å². The fourth-order valence-electron chi connectivity index (χ4n) is 2.36. The predicted molar refractivity (Wildman–Crippen MR) is 71.7 cm³/mol. The van der Waals surface area contributed by atoms with Crippen molar-refractivity contribution < 1.29 is 4.79 Å². The second kappa shape index (κ2) is 4.79. The number of aromatic nitrogens is 2. The molecule has 1 aliphatic rings. The van der Waals surface area contributed by atoms with Crippen LogP contribution in [0.15, 0.2) is 6.20 Å². The Hall–Kier alpha value is -1.26. The van der Waals surface area contributed by atoms with Crippen molar-refractivity contribution in [2.75, 3.05) is 6.54 Å². The van der Waals surface area contributed by atoms with Gasteiger partial charge in [0.15, 0.2) is 5.81 Å². The van der Waals surface area contributed by atoms with E-state index in [0.29, 0.717) is 0 Å². The van der Waals surface area contributed by atoms with Crippen LogP contribution in [-0.4, -0.2) is 35.1 Å². The molecule has 5 heteroatoms. The lowest BCUT2D eigenvalue weighted by Crippen LogP contribution is -2.30. The maximum absolute atomic E-state index is 11.4. The third-order valence-corrected chi connectivity index (χ3v) is 4.06. The highest BCUT2D eigenvalue weighted by atomic mass is 16.2. The Balaban J connectivity index is 2.22. The molecule has 1 saturated heterocycles. The maximum Gasteiger partial charge on any atom is 0.200 e. The molecule has 0 aliphatic carbocycles. The van der Waals surface area contributed by atoms with Crippen molar-refractivity contribution >= 4 is 13.7 Å². The minimum absolute atomic E-state index is 0.0175. The van der Waals surface area contributed by atoms with Crippen LogP contribution in [0.5, 0.6) is 0 Å². The van der Waals surface area contributed by atoms with Crippen molar-refractivity contribution in [1.29, 1.82) is 0 Å². The Bertz CT molecular complexity index is 441. The van der Waals surface area contributed by atoms with Gasteiger partial charge in [-0.05, 0) is 19.3 Å². The highest BCUT2D eigenvalue weighted by Gasteiger charge is 2.30. The van der Waals surface area contributed by atoms with Gasteiger partial charge in [0, 0.05) is 23.9 Å². The molecule has 1 aromatic heterocycles. The van der Waals surface area contributed by atoms with Gasteiger partial charge in [-0.2, -0.15) is 0 Å². The van der Waals surface area contributed by atoms with Crippen LogP contribution < -0.4 is 0 Å². The molecule has 1 aromatic rings. The first-order chi connectivity index (χ1) is 8.45. The van der Waals surface area contributed by atoms with Crippen molar-refractivity contribution in [1.82, 2.24) is 14.9 Å². The minimum Gasteiger partial charge on any atom is -0.344 e. The summed E-state index contributed by atoms with van der Waals surface area (Å²) in [7, 11) is 5.39. The summed E-state index contributed by atoms with van der Waals surface area (Å²) in [5, 5.41) is 0. The zero-order chi connectivity index (χ0) is 13.3. The van der Waals surface area contributed by atoms with Gasteiger partial charge in [0.05, 0.1) is 6.04 Å². The molecule has 18 heavy (non-hydrogen) atoms. The van der Waals surface area contributed by atoms with Crippen LogP contribution in [0.4, 0.5) is 4.79 Å². The van der Waals surface area contributed by atoms with E-state index in [0.717, 1.165) is 37.3 Å². The molecule has 2 heterocycles. The Morgan fingerprint density at radius 3 is 3.00 bits per heavy atom. The van der Waals surface area contributed by atoms with Crippen molar-refractivity contribution in [2.45, 2.75) is 51.5 Å². The second-order valence-electron chi connectivity index (χ2n) is 5.61. The standard InChI is InChI=1S/C13H20BN3O/c1-4-13(2,3)10-8-15-11(16-10)9-6-5-7-17(9)12(14)18/h8-9H,4-7H2,1-3H3,(H,15,16). The highest BCUT2D eigenvalue weighted by molar-refractivity contribution is 6.57. The van der Waals surface area contributed by atoms with Crippen LogP contribution >= 0.6 is 0 Å². The molecule has 96 valence electrons. The molecule has 1 aliphatic heterocycles. The average Bonchev–Trinajstić information content (AvgIpc) is 2.97. The summed E-state index contributed by atoms with van der Waals surface area (Å²) in [6.45, 7) is 7.26. The number of rotatable bonds is 3. The molecule has 0 aromatic carbocycles. The Kier molecular flexibility index (Phi) is 3.50. The monoisotopic (exact) mass is 245 g/mol. The fourth-order valence-corrected chi connectivity index (χ4v) is 2.36. The molecule has 2 rings (SSSR count). The van der Waals surface area contributed by atoms with Crippen molar-refractivity contribution in [3.05, 3.63) is 17.7 Å². The number of likely N-dealkylation sites (tertiary alicyclic amines) is 1. The number of nitrogens with zero attached hydrogens (tertiary/aromatic N) is 2. The number of hydrogen-bond acceptors (Lipinski definition) is 2. The third kappa shape index (κ3) is 2.31. The molecule has 1 fully saturated rings. The molecule has 4 nitrogen and oxygen atoms in total. The molecule has 0 spiro atoms. The number of carbonyl (C=O) groups is 1. The van der Waals surface area contributed by atoms with E-state index in [1.165, 1.54) is 0 Å². The molecular weight excluding hydrogens is 225 g/mol. The van der Waals surface area contributed by atoms with Crippen LogP contribution in [0.3, 0.4) is 0 Å². The molecular formula is C13H20BN3O. The quantitative estimate of drug-likeness (QED) is 0.832. The summed E-state index contributed by atoms with van der Waals surface area (Å²) in [6, 6.07) is 0.0175. The number of imidazole rings is 1. The summed E-state index contributed by atoms with van der Waals surface area (Å²) >= 11 is 0. The van der Waals surface area contributed by atoms with Gasteiger partial charge in [0.1, 0.15) is 5.82 Å². The van der Waals surface area contributed by atoms with Gasteiger partial charge in [-0.3, -0.25) is 4.79 Å². The number of nitrogens with one attached hydrogen (secondary N) is 1. The van der Waals surface area contributed by atoms with Crippen molar-refractivity contribution in [2.24, 2.45) is 0 Å². The first-order valence-corrected chi connectivity index (χ1v) is 6.57.